The smallest absolute Gasteiger partial charge is 0.272 e. The first-order valence-corrected chi connectivity index (χ1v) is 10.8. The number of aromatic nitrogens is 2. The molecule has 0 spiro atoms. The molecule has 1 unspecified atom stereocenters. The third kappa shape index (κ3) is 4.37. The van der Waals surface area contributed by atoms with Crippen LogP contribution in [0.25, 0.3) is 0 Å². The maximum Gasteiger partial charge on any atom is 0.272 e. The minimum atomic E-state index is -3.07. The van der Waals surface area contributed by atoms with Crippen LogP contribution in [0, 0.1) is 6.92 Å². The van der Waals surface area contributed by atoms with Crippen molar-refractivity contribution in [2.45, 2.75) is 26.3 Å². The summed E-state index contributed by atoms with van der Waals surface area (Å²) in [4.78, 5) is 38.3. The van der Waals surface area contributed by atoms with Crippen LogP contribution in [-0.2, 0) is 14.6 Å². The molecule has 2 aliphatic rings. The van der Waals surface area contributed by atoms with E-state index in [4.69, 9.17) is 0 Å². The largest absolute Gasteiger partial charge is 0.353 e. The Labute approximate surface area is 159 Å². The fraction of sp³-hybridized carbons (Fsp3) is 0.647. The lowest BCUT2D eigenvalue weighted by atomic mass is 10.2. The zero-order valence-corrected chi connectivity index (χ0v) is 16.7. The summed E-state index contributed by atoms with van der Waals surface area (Å²) in [5.41, 5.74) is 0.262. The van der Waals surface area contributed by atoms with Crippen molar-refractivity contribution in [1.29, 1.82) is 0 Å². The molecule has 1 aromatic rings. The highest BCUT2D eigenvalue weighted by molar-refractivity contribution is 7.91. The quantitative estimate of drug-likeness (QED) is 0.693. The van der Waals surface area contributed by atoms with Crippen LogP contribution in [0.3, 0.4) is 0 Å². The Morgan fingerprint density at radius 3 is 2.41 bits per heavy atom. The highest BCUT2D eigenvalue weighted by Gasteiger charge is 2.33. The molecule has 0 saturated carbocycles. The van der Waals surface area contributed by atoms with Gasteiger partial charge in [-0.05, 0) is 13.3 Å². The fourth-order valence-corrected chi connectivity index (χ4v) is 5.28. The van der Waals surface area contributed by atoms with Crippen LogP contribution in [-0.4, -0.2) is 90.8 Å². The standard InChI is InChI=1S/C17H25N5O4S/c1-12-18-15(17(24)20(3)14-4-9-27(25,26)11-14)10-16(19-12)22-7-5-21(6-8-22)13(2)23/h10,14H,4-9,11H2,1-3H3. The highest BCUT2D eigenvalue weighted by atomic mass is 32.2. The Hall–Kier alpha value is -2.23. The molecule has 0 aliphatic carbocycles. The Morgan fingerprint density at radius 2 is 1.85 bits per heavy atom. The van der Waals surface area contributed by atoms with Gasteiger partial charge in [0.15, 0.2) is 9.84 Å². The van der Waals surface area contributed by atoms with Gasteiger partial charge in [0.2, 0.25) is 5.91 Å². The number of aryl methyl sites for hydroxylation is 1. The first kappa shape index (κ1) is 19.5. The fourth-order valence-electron chi connectivity index (χ4n) is 3.50. The first-order chi connectivity index (χ1) is 12.7. The second kappa shape index (κ2) is 7.41. The van der Waals surface area contributed by atoms with Gasteiger partial charge in [0.1, 0.15) is 17.3 Å². The van der Waals surface area contributed by atoms with Gasteiger partial charge in [-0.2, -0.15) is 0 Å². The molecule has 2 fully saturated rings. The minimum absolute atomic E-state index is 0.000824. The first-order valence-electron chi connectivity index (χ1n) is 9.00. The summed E-state index contributed by atoms with van der Waals surface area (Å²) in [5, 5.41) is 0. The number of hydrogen-bond acceptors (Lipinski definition) is 7. The molecule has 0 N–H and O–H groups in total. The van der Waals surface area contributed by atoms with Gasteiger partial charge in [0.05, 0.1) is 11.5 Å². The van der Waals surface area contributed by atoms with E-state index in [0.29, 0.717) is 44.2 Å². The van der Waals surface area contributed by atoms with Crippen LogP contribution >= 0.6 is 0 Å². The second-order valence-corrected chi connectivity index (χ2v) is 9.35. The molecule has 148 valence electrons. The summed E-state index contributed by atoms with van der Waals surface area (Å²) < 4.78 is 23.4. The number of nitrogens with zero attached hydrogens (tertiary/aromatic N) is 5. The second-order valence-electron chi connectivity index (χ2n) is 7.12. The molecule has 2 aliphatic heterocycles. The van der Waals surface area contributed by atoms with Crippen LogP contribution in [0.2, 0.25) is 0 Å². The van der Waals surface area contributed by atoms with E-state index in [-0.39, 0.29) is 35.1 Å². The van der Waals surface area contributed by atoms with Crippen LogP contribution in [0.4, 0.5) is 5.82 Å². The van der Waals surface area contributed by atoms with E-state index in [2.05, 4.69) is 9.97 Å². The average molecular weight is 395 g/mol. The van der Waals surface area contributed by atoms with E-state index in [1.165, 1.54) is 4.90 Å². The number of anilines is 1. The van der Waals surface area contributed by atoms with Crippen molar-refractivity contribution in [3.05, 3.63) is 17.6 Å². The van der Waals surface area contributed by atoms with Crippen molar-refractivity contribution >= 4 is 27.5 Å². The molecule has 1 aromatic heterocycles. The highest BCUT2D eigenvalue weighted by Crippen LogP contribution is 2.20. The van der Waals surface area contributed by atoms with E-state index in [1.807, 2.05) is 4.90 Å². The van der Waals surface area contributed by atoms with E-state index in [1.54, 1.807) is 31.9 Å². The molecule has 0 aromatic carbocycles. The van der Waals surface area contributed by atoms with Crippen LogP contribution < -0.4 is 4.90 Å². The van der Waals surface area contributed by atoms with Crippen molar-refractivity contribution in [2.24, 2.45) is 0 Å². The molecule has 1 atom stereocenters. The van der Waals surface area contributed by atoms with Crippen LogP contribution in [0.5, 0.6) is 0 Å². The van der Waals surface area contributed by atoms with Gasteiger partial charge in [-0.15, -0.1) is 0 Å². The Kier molecular flexibility index (Phi) is 5.36. The molecule has 10 heteroatoms. The minimum Gasteiger partial charge on any atom is -0.353 e. The van der Waals surface area contributed by atoms with E-state index in [9.17, 15) is 18.0 Å². The Bertz CT molecular complexity index is 849. The van der Waals surface area contributed by atoms with Crippen molar-refractivity contribution in [3.8, 4) is 0 Å². The third-order valence-electron chi connectivity index (χ3n) is 5.17. The Balaban J connectivity index is 1.75. The lowest BCUT2D eigenvalue weighted by molar-refractivity contribution is -0.129. The van der Waals surface area contributed by atoms with Crippen LogP contribution in [0.15, 0.2) is 6.07 Å². The van der Waals surface area contributed by atoms with E-state index >= 15 is 0 Å². The summed E-state index contributed by atoms with van der Waals surface area (Å²) in [6, 6.07) is 1.33. The normalized spacial score (nSPS) is 22.0. The molecule has 0 radical (unpaired) electrons. The number of carbonyl (C=O) groups is 2. The van der Waals surface area contributed by atoms with Gasteiger partial charge in [0, 0.05) is 52.3 Å². The van der Waals surface area contributed by atoms with Gasteiger partial charge in [-0.25, -0.2) is 18.4 Å². The van der Waals surface area contributed by atoms with E-state index in [0.717, 1.165) is 0 Å². The lowest BCUT2D eigenvalue weighted by Crippen LogP contribution is -2.48. The summed E-state index contributed by atoms with van der Waals surface area (Å²) in [7, 11) is -1.45. The molecule has 9 nitrogen and oxygen atoms in total. The predicted octanol–water partition coefficient (Wildman–Crippen LogP) is -0.287. The van der Waals surface area contributed by atoms with Crippen LogP contribution in [0.1, 0.15) is 29.7 Å². The van der Waals surface area contributed by atoms with Gasteiger partial charge < -0.3 is 14.7 Å². The Morgan fingerprint density at radius 1 is 1.19 bits per heavy atom. The van der Waals surface area contributed by atoms with Crippen molar-refractivity contribution in [2.75, 3.05) is 49.6 Å². The maximum atomic E-state index is 12.8. The molecule has 3 rings (SSSR count). The number of hydrogen-bond donors (Lipinski definition) is 0. The van der Waals surface area contributed by atoms with Gasteiger partial charge >= 0.3 is 0 Å². The summed E-state index contributed by atoms with van der Waals surface area (Å²) in [5.74, 6) is 1.01. The van der Waals surface area contributed by atoms with Crippen molar-refractivity contribution in [1.82, 2.24) is 19.8 Å². The van der Waals surface area contributed by atoms with Gasteiger partial charge in [0.25, 0.3) is 5.91 Å². The average Bonchev–Trinajstić information content (AvgIpc) is 3.00. The zero-order chi connectivity index (χ0) is 19.8. The molecule has 0 bridgehead atoms. The van der Waals surface area contributed by atoms with Gasteiger partial charge in [-0.3, -0.25) is 9.59 Å². The molecule has 3 heterocycles. The molecule has 27 heavy (non-hydrogen) atoms. The lowest BCUT2D eigenvalue weighted by Gasteiger charge is -2.35. The number of piperazine rings is 1. The summed E-state index contributed by atoms with van der Waals surface area (Å²) in [6.07, 6.45) is 0.453. The molecular weight excluding hydrogens is 370 g/mol. The number of rotatable bonds is 3. The van der Waals surface area contributed by atoms with Crippen molar-refractivity contribution in [3.63, 3.8) is 0 Å². The SMILES string of the molecule is CC(=O)N1CCN(c2cc(C(=O)N(C)C3CCS(=O)(=O)C3)nc(C)n2)CC1. The summed E-state index contributed by atoms with van der Waals surface area (Å²) in [6.45, 7) is 5.79. The maximum absolute atomic E-state index is 12.8. The zero-order valence-electron chi connectivity index (χ0n) is 15.9. The monoisotopic (exact) mass is 395 g/mol. The predicted molar refractivity (Wildman–Crippen MR) is 100 cm³/mol. The van der Waals surface area contributed by atoms with Crippen molar-refractivity contribution < 1.29 is 18.0 Å². The van der Waals surface area contributed by atoms with E-state index < -0.39 is 9.84 Å². The van der Waals surface area contributed by atoms with Gasteiger partial charge in [-0.1, -0.05) is 0 Å². The summed E-state index contributed by atoms with van der Waals surface area (Å²) >= 11 is 0. The molecule has 2 saturated heterocycles. The molecule has 2 amide bonds. The number of sulfone groups is 1. The number of amides is 2. The molecular formula is C17H25N5O4S. The topological polar surface area (TPSA) is 104 Å². The third-order valence-corrected chi connectivity index (χ3v) is 6.92. The number of carbonyl (C=O) groups excluding carboxylic acids is 2.